The van der Waals surface area contributed by atoms with Crippen molar-refractivity contribution >= 4 is 11.8 Å². The highest BCUT2D eigenvalue weighted by Crippen LogP contribution is 2.16. The molecule has 94 valence electrons. The maximum absolute atomic E-state index is 4.03. The maximum atomic E-state index is 4.03. The molecule has 18 heavy (non-hydrogen) atoms. The summed E-state index contributed by atoms with van der Waals surface area (Å²) in [6.07, 6.45) is 3.70. The Morgan fingerprint density at radius 2 is 1.78 bits per heavy atom. The average Bonchev–Trinajstić information content (AvgIpc) is 2.41. The molecular weight excluding hydrogens is 240 g/mol. The second-order valence-electron chi connectivity index (χ2n) is 4.25. The molecule has 1 aromatic carbocycles. The number of rotatable bonds is 6. The molecule has 0 saturated heterocycles. The van der Waals surface area contributed by atoms with Crippen LogP contribution < -0.4 is 0 Å². The highest BCUT2D eigenvalue weighted by molar-refractivity contribution is 7.99. The molecule has 1 heterocycles. The Bertz CT molecular complexity index is 445. The Kier molecular flexibility index (Phi) is 5.24. The highest BCUT2D eigenvalue weighted by Gasteiger charge is 2.00. The van der Waals surface area contributed by atoms with Crippen molar-refractivity contribution in [3.05, 3.63) is 60.4 Å². The van der Waals surface area contributed by atoms with E-state index in [0.717, 1.165) is 18.8 Å². The van der Waals surface area contributed by atoms with Crippen molar-refractivity contribution < 1.29 is 0 Å². The zero-order valence-electron chi connectivity index (χ0n) is 10.6. The Hall–Kier alpha value is -1.32. The minimum Gasteiger partial charge on any atom is -0.301 e. The molecule has 2 nitrogen and oxygen atoms in total. The lowest BCUT2D eigenvalue weighted by Crippen LogP contribution is -2.20. The molecule has 2 rings (SSSR count). The normalized spacial score (nSPS) is 10.8. The number of pyridine rings is 1. The number of hydrogen-bond donors (Lipinski definition) is 0. The molecule has 1 aromatic heterocycles. The minimum absolute atomic E-state index is 0.984. The van der Waals surface area contributed by atoms with Crippen LogP contribution in [0.2, 0.25) is 0 Å². The molecule has 0 saturated carbocycles. The lowest BCUT2D eigenvalue weighted by Gasteiger charge is -2.16. The van der Waals surface area contributed by atoms with Crippen LogP contribution in [0.25, 0.3) is 0 Å². The molecule has 0 N–H and O–H groups in total. The van der Waals surface area contributed by atoms with Gasteiger partial charge in [0.2, 0.25) is 0 Å². The monoisotopic (exact) mass is 258 g/mol. The molecule has 0 radical (unpaired) electrons. The third kappa shape index (κ3) is 4.51. The van der Waals surface area contributed by atoms with Gasteiger partial charge >= 0.3 is 0 Å². The first-order valence-electron chi connectivity index (χ1n) is 6.10. The Balaban J connectivity index is 1.71. The average molecular weight is 258 g/mol. The fourth-order valence-corrected chi connectivity index (χ4v) is 2.70. The van der Waals surface area contributed by atoms with Crippen molar-refractivity contribution in [2.45, 2.75) is 11.4 Å². The third-order valence-corrected chi connectivity index (χ3v) is 3.68. The van der Waals surface area contributed by atoms with Crippen LogP contribution in [-0.4, -0.2) is 29.2 Å². The van der Waals surface area contributed by atoms with Crippen molar-refractivity contribution in [2.75, 3.05) is 19.3 Å². The number of aromatic nitrogens is 1. The first-order chi connectivity index (χ1) is 8.84. The third-order valence-electron chi connectivity index (χ3n) is 2.69. The van der Waals surface area contributed by atoms with Crippen LogP contribution in [0.15, 0.2) is 59.8 Å². The summed E-state index contributed by atoms with van der Waals surface area (Å²) in [4.78, 5) is 7.71. The Morgan fingerprint density at radius 3 is 2.50 bits per heavy atom. The van der Waals surface area contributed by atoms with E-state index in [2.05, 4.69) is 59.4 Å². The zero-order valence-corrected chi connectivity index (χ0v) is 11.4. The molecule has 0 spiro atoms. The second kappa shape index (κ2) is 7.19. The maximum Gasteiger partial charge on any atom is 0.0271 e. The molecule has 0 aliphatic heterocycles. The predicted molar refractivity (Wildman–Crippen MR) is 77.7 cm³/mol. The van der Waals surface area contributed by atoms with E-state index in [0.29, 0.717) is 0 Å². The van der Waals surface area contributed by atoms with Crippen LogP contribution in [-0.2, 0) is 6.54 Å². The largest absolute Gasteiger partial charge is 0.301 e. The van der Waals surface area contributed by atoms with E-state index in [1.807, 2.05) is 24.2 Å². The van der Waals surface area contributed by atoms with E-state index in [1.54, 1.807) is 0 Å². The number of thioether (sulfide) groups is 1. The van der Waals surface area contributed by atoms with Crippen LogP contribution in [0.4, 0.5) is 0 Å². The van der Waals surface area contributed by atoms with Gasteiger partial charge in [0, 0.05) is 36.1 Å². The molecule has 2 aromatic rings. The molecule has 0 bridgehead atoms. The topological polar surface area (TPSA) is 16.1 Å². The standard InChI is InChI=1S/C15H18N2S/c1-17(13-14-7-9-16-10-8-14)11-12-18-15-5-3-2-4-6-15/h2-10H,11-13H2,1H3. The first-order valence-corrected chi connectivity index (χ1v) is 7.08. The molecule has 0 atom stereocenters. The van der Waals surface area contributed by atoms with Crippen LogP contribution in [0.3, 0.4) is 0 Å². The predicted octanol–water partition coefficient (Wildman–Crippen LogP) is 3.31. The van der Waals surface area contributed by atoms with Crippen molar-refractivity contribution in [3.8, 4) is 0 Å². The fraction of sp³-hybridized carbons (Fsp3) is 0.267. The van der Waals surface area contributed by atoms with Crippen molar-refractivity contribution in [1.29, 1.82) is 0 Å². The van der Waals surface area contributed by atoms with Gasteiger partial charge in [0.25, 0.3) is 0 Å². The summed E-state index contributed by atoms with van der Waals surface area (Å²) in [5.41, 5.74) is 1.32. The van der Waals surface area contributed by atoms with Gasteiger partial charge in [0.15, 0.2) is 0 Å². The van der Waals surface area contributed by atoms with Gasteiger partial charge in [0.05, 0.1) is 0 Å². The van der Waals surface area contributed by atoms with Crippen molar-refractivity contribution in [2.24, 2.45) is 0 Å². The Morgan fingerprint density at radius 1 is 1.06 bits per heavy atom. The van der Waals surface area contributed by atoms with E-state index in [4.69, 9.17) is 0 Å². The summed E-state index contributed by atoms with van der Waals surface area (Å²) in [6, 6.07) is 14.7. The summed E-state index contributed by atoms with van der Waals surface area (Å²) in [5, 5.41) is 0. The van der Waals surface area contributed by atoms with E-state index < -0.39 is 0 Å². The van der Waals surface area contributed by atoms with E-state index in [9.17, 15) is 0 Å². The summed E-state index contributed by atoms with van der Waals surface area (Å²) in [7, 11) is 2.16. The molecule has 0 amide bonds. The number of nitrogens with zero attached hydrogens (tertiary/aromatic N) is 2. The van der Waals surface area contributed by atoms with Gasteiger partial charge in [0.1, 0.15) is 0 Å². The lowest BCUT2D eigenvalue weighted by atomic mass is 10.2. The van der Waals surface area contributed by atoms with Crippen molar-refractivity contribution in [1.82, 2.24) is 9.88 Å². The van der Waals surface area contributed by atoms with E-state index >= 15 is 0 Å². The molecule has 3 heteroatoms. The van der Waals surface area contributed by atoms with Gasteiger partial charge in [-0.2, -0.15) is 0 Å². The first kappa shape index (κ1) is 13.1. The summed E-state index contributed by atoms with van der Waals surface area (Å²) < 4.78 is 0. The number of benzene rings is 1. The highest BCUT2D eigenvalue weighted by atomic mass is 32.2. The fourth-order valence-electron chi connectivity index (χ4n) is 1.71. The smallest absolute Gasteiger partial charge is 0.0271 e. The van der Waals surface area contributed by atoms with Crippen LogP contribution in [0, 0.1) is 0 Å². The minimum atomic E-state index is 0.984. The quantitative estimate of drug-likeness (QED) is 0.740. The summed E-state index contributed by atoms with van der Waals surface area (Å²) in [6.45, 7) is 2.07. The molecule has 0 aliphatic rings. The van der Waals surface area contributed by atoms with Gasteiger partial charge in [-0.15, -0.1) is 11.8 Å². The van der Waals surface area contributed by atoms with Gasteiger partial charge in [-0.25, -0.2) is 0 Å². The summed E-state index contributed by atoms with van der Waals surface area (Å²) in [5.74, 6) is 1.12. The van der Waals surface area contributed by atoms with Gasteiger partial charge < -0.3 is 4.90 Å². The van der Waals surface area contributed by atoms with Crippen LogP contribution >= 0.6 is 11.8 Å². The molecule has 0 unspecified atom stereocenters. The van der Waals surface area contributed by atoms with Crippen LogP contribution in [0.5, 0.6) is 0 Å². The molecular formula is C15H18N2S. The Labute approximate surface area is 113 Å². The van der Waals surface area contributed by atoms with Crippen molar-refractivity contribution in [3.63, 3.8) is 0 Å². The molecule has 0 aliphatic carbocycles. The number of hydrogen-bond acceptors (Lipinski definition) is 3. The van der Waals surface area contributed by atoms with Gasteiger partial charge in [-0.3, -0.25) is 4.98 Å². The van der Waals surface area contributed by atoms with E-state index in [1.165, 1.54) is 10.5 Å². The SMILES string of the molecule is CN(CCSc1ccccc1)Cc1ccncc1. The van der Waals surface area contributed by atoms with Crippen LogP contribution in [0.1, 0.15) is 5.56 Å². The van der Waals surface area contributed by atoms with E-state index in [-0.39, 0.29) is 0 Å². The zero-order chi connectivity index (χ0) is 12.6. The second-order valence-corrected chi connectivity index (χ2v) is 5.42. The summed E-state index contributed by atoms with van der Waals surface area (Å²) >= 11 is 1.91. The lowest BCUT2D eigenvalue weighted by molar-refractivity contribution is 0.348. The van der Waals surface area contributed by atoms with Gasteiger partial charge in [-0.05, 0) is 36.9 Å². The van der Waals surface area contributed by atoms with Gasteiger partial charge in [-0.1, -0.05) is 18.2 Å². The molecule has 0 fully saturated rings.